The number of rotatable bonds is 3. The number of halogens is 2. The van der Waals surface area contributed by atoms with E-state index in [2.05, 4.69) is 33.4 Å². The van der Waals surface area contributed by atoms with Crippen LogP contribution in [-0.4, -0.2) is 6.61 Å². The van der Waals surface area contributed by atoms with E-state index in [1.807, 2.05) is 18.2 Å². The lowest BCUT2D eigenvalue weighted by Crippen LogP contribution is -2.26. The van der Waals surface area contributed by atoms with Gasteiger partial charge in [0.15, 0.2) is 0 Å². The Balaban J connectivity index is 1.74. The summed E-state index contributed by atoms with van der Waals surface area (Å²) in [6, 6.07) is 10.5. The summed E-state index contributed by atoms with van der Waals surface area (Å²) in [5.41, 5.74) is 1.23. The van der Waals surface area contributed by atoms with E-state index in [1.54, 1.807) is 11.3 Å². The van der Waals surface area contributed by atoms with Crippen LogP contribution in [0.2, 0.25) is 4.34 Å². The first-order valence-electron chi connectivity index (χ1n) is 6.12. The molecule has 100 valence electrons. The predicted octanol–water partition coefficient (Wildman–Crippen LogP) is 4.78. The van der Waals surface area contributed by atoms with Crippen LogP contribution in [0.3, 0.4) is 0 Å². The highest BCUT2D eigenvalue weighted by Crippen LogP contribution is 2.34. The topological polar surface area (TPSA) is 21.3 Å². The Morgan fingerprint density at radius 2 is 2.26 bits per heavy atom. The minimum atomic E-state index is 0.335. The Kier molecular flexibility index (Phi) is 4.12. The molecule has 0 saturated heterocycles. The zero-order valence-electron chi connectivity index (χ0n) is 10.2. The van der Waals surface area contributed by atoms with Crippen molar-refractivity contribution in [1.82, 2.24) is 5.32 Å². The van der Waals surface area contributed by atoms with Crippen LogP contribution in [0.4, 0.5) is 0 Å². The number of hydrogen-bond acceptors (Lipinski definition) is 3. The highest BCUT2D eigenvalue weighted by atomic mass is 79.9. The number of thiophene rings is 1. The van der Waals surface area contributed by atoms with Gasteiger partial charge in [0.1, 0.15) is 5.75 Å². The monoisotopic (exact) mass is 357 g/mol. The Morgan fingerprint density at radius 3 is 3.05 bits per heavy atom. The van der Waals surface area contributed by atoms with Crippen molar-refractivity contribution >= 4 is 38.9 Å². The molecule has 1 atom stereocenters. The number of hydrogen-bond donors (Lipinski definition) is 1. The third-order valence-corrected chi connectivity index (χ3v) is 4.89. The lowest BCUT2D eigenvalue weighted by atomic mass is 10.0. The van der Waals surface area contributed by atoms with Crippen molar-refractivity contribution in [3.05, 3.63) is 49.6 Å². The Labute approximate surface area is 129 Å². The van der Waals surface area contributed by atoms with Crippen molar-refractivity contribution in [2.45, 2.75) is 19.0 Å². The zero-order chi connectivity index (χ0) is 13.2. The normalized spacial score (nSPS) is 17.9. The SMILES string of the molecule is Clc1ccc(CNC2CCOc3ccc(Br)cc32)s1. The van der Waals surface area contributed by atoms with Gasteiger partial charge in [-0.1, -0.05) is 27.5 Å². The molecule has 1 aliphatic heterocycles. The lowest BCUT2D eigenvalue weighted by Gasteiger charge is -2.27. The van der Waals surface area contributed by atoms with Gasteiger partial charge in [0, 0.05) is 33.9 Å². The van der Waals surface area contributed by atoms with Gasteiger partial charge < -0.3 is 10.1 Å². The van der Waals surface area contributed by atoms with Crippen molar-refractivity contribution in [2.24, 2.45) is 0 Å². The van der Waals surface area contributed by atoms with E-state index < -0.39 is 0 Å². The molecule has 19 heavy (non-hydrogen) atoms. The molecule has 1 aromatic heterocycles. The smallest absolute Gasteiger partial charge is 0.124 e. The minimum Gasteiger partial charge on any atom is -0.493 e. The van der Waals surface area contributed by atoms with Crippen LogP contribution in [0.15, 0.2) is 34.8 Å². The first-order valence-corrected chi connectivity index (χ1v) is 8.11. The summed E-state index contributed by atoms with van der Waals surface area (Å²) in [6.07, 6.45) is 0.989. The molecular formula is C14H13BrClNOS. The quantitative estimate of drug-likeness (QED) is 0.852. The summed E-state index contributed by atoms with van der Waals surface area (Å²) in [5, 5.41) is 3.59. The third-order valence-electron chi connectivity index (χ3n) is 3.16. The molecular weight excluding hydrogens is 346 g/mol. The van der Waals surface area contributed by atoms with Gasteiger partial charge in [-0.15, -0.1) is 11.3 Å². The van der Waals surface area contributed by atoms with Crippen LogP contribution in [0.5, 0.6) is 5.75 Å². The lowest BCUT2D eigenvalue weighted by molar-refractivity contribution is 0.252. The Hall–Kier alpha value is -0.550. The molecule has 5 heteroatoms. The molecule has 1 unspecified atom stereocenters. The van der Waals surface area contributed by atoms with Gasteiger partial charge in [-0.3, -0.25) is 0 Å². The van der Waals surface area contributed by atoms with Crippen molar-refractivity contribution in [3.8, 4) is 5.75 Å². The van der Waals surface area contributed by atoms with E-state index in [0.717, 1.165) is 34.1 Å². The first-order chi connectivity index (χ1) is 9.22. The van der Waals surface area contributed by atoms with Crippen LogP contribution in [0.1, 0.15) is 22.9 Å². The maximum Gasteiger partial charge on any atom is 0.124 e. The standard InChI is InChI=1S/C14H13BrClNOS/c15-9-1-3-13-11(7-9)12(5-6-18-13)17-8-10-2-4-14(16)19-10/h1-4,7,12,17H,5-6,8H2. The molecule has 0 bridgehead atoms. The van der Waals surface area contributed by atoms with Gasteiger partial charge in [-0.25, -0.2) is 0 Å². The van der Waals surface area contributed by atoms with E-state index in [9.17, 15) is 0 Å². The first kappa shape index (κ1) is 13.4. The summed E-state index contributed by atoms with van der Waals surface area (Å²) in [5.74, 6) is 0.983. The van der Waals surface area contributed by atoms with Gasteiger partial charge in [0.25, 0.3) is 0 Å². The second-order valence-corrected chi connectivity index (χ2v) is 7.17. The highest BCUT2D eigenvalue weighted by molar-refractivity contribution is 9.10. The maximum atomic E-state index is 5.95. The van der Waals surface area contributed by atoms with E-state index in [4.69, 9.17) is 16.3 Å². The minimum absolute atomic E-state index is 0.335. The van der Waals surface area contributed by atoms with Crippen LogP contribution < -0.4 is 10.1 Å². The molecule has 0 radical (unpaired) electrons. The summed E-state index contributed by atoms with van der Waals surface area (Å²) in [4.78, 5) is 1.26. The van der Waals surface area contributed by atoms with Crippen LogP contribution in [0.25, 0.3) is 0 Å². The summed E-state index contributed by atoms with van der Waals surface area (Å²) in [7, 11) is 0. The zero-order valence-corrected chi connectivity index (χ0v) is 13.3. The molecule has 0 amide bonds. The number of ether oxygens (including phenoxy) is 1. The number of fused-ring (bicyclic) bond motifs is 1. The fourth-order valence-electron chi connectivity index (χ4n) is 2.25. The van der Waals surface area contributed by atoms with E-state index in [0.29, 0.717) is 6.04 Å². The van der Waals surface area contributed by atoms with Crippen LogP contribution >= 0.6 is 38.9 Å². The van der Waals surface area contributed by atoms with E-state index in [1.165, 1.54) is 10.4 Å². The maximum absolute atomic E-state index is 5.95. The van der Waals surface area contributed by atoms with Gasteiger partial charge in [0.05, 0.1) is 10.9 Å². The summed E-state index contributed by atoms with van der Waals surface area (Å²) < 4.78 is 7.61. The van der Waals surface area contributed by atoms with Crippen LogP contribution in [-0.2, 0) is 6.54 Å². The molecule has 1 aromatic carbocycles. The Morgan fingerprint density at radius 1 is 1.37 bits per heavy atom. The predicted molar refractivity (Wildman–Crippen MR) is 83.2 cm³/mol. The Bertz CT molecular complexity index is 587. The average molecular weight is 359 g/mol. The van der Waals surface area contributed by atoms with Gasteiger partial charge in [-0.05, 0) is 30.3 Å². The fourth-order valence-corrected chi connectivity index (χ4v) is 3.67. The fraction of sp³-hybridized carbons (Fsp3) is 0.286. The van der Waals surface area contributed by atoms with E-state index >= 15 is 0 Å². The molecule has 0 saturated carbocycles. The molecule has 0 aliphatic carbocycles. The third kappa shape index (κ3) is 3.14. The van der Waals surface area contributed by atoms with Gasteiger partial charge in [-0.2, -0.15) is 0 Å². The highest BCUT2D eigenvalue weighted by Gasteiger charge is 2.21. The van der Waals surface area contributed by atoms with E-state index in [-0.39, 0.29) is 0 Å². The second kappa shape index (κ2) is 5.83. The molecule has 2 aromatic rings. The van der Waals surface area contributed by atoms with Crippen molar-refractivity contribution in [1.29, 1.82) is 0 Å². The molecule has 0 spiro atoms. The molecule has 2 heterocycles. The van der Waals surface area contributed by atoms with Crippen molar-refractivity contribution < 1.29 is 4.74 Å². The molecule has 3 rings (SSSR count). The molecule has 1 aliphatic rings. The summed E-state index contributed by atoms with van der Waals surface area (Å²) in [6.45, 7) is 1.60. The second-order valence-electron chi connectivity index (χ2n) is 4.46. The van der Waals surface area contributed by atoms with Crippen LogP contribution in [0, 0.1) is 0 Å². The van der Waals surface area contributed by atoms with Crippen molar-refractivity contribution in [3.63, 3.8) is 0 Å². The largest absolute Gasteiger partial charge is 0.493 e. The summed E-state index contributed by atoms with van der Waals surface area (Å²) >= 11 is 11.1. The molecule has 1 N–H and O–H groups in total. The van der Waals surface area contributed by atoms with Gasteiger partial charge in [0.2, 0.25) is 0 Å². The average Bonchev–Trinajstić information content (AvgIpc) is 2.82. The number of benzene rings is 1. The number of nitrogens with one attached hydrogen (secondary N) is 1. The van der Waals surface area contributed by atoms with Gasteiger partial charge >= 0.3 is 0 Å². The van der Waals surface area contributed by atoms with Crippen molar-refractivity contribution in [2.75, 3.05) is 6.61 Å². The molecule has 2 nitrogen and oxygen atoms in total. The molecule has 0 fully saturated rings.